The molecule has 0 aliphatic carbocycles. The summed E-state index contributed by atoms with van der Waals surface area (Å²) in [5, 5.41) is 2.76. The summed E-state index contributed by atoms with van der Waals surface area (Å²) in [6.45, 7) is 10.5. The fraction of sp³-hybridized carbons (Fsp3) is 0.474. The van der Waals surface area contributed by atoms with Crippen molar-refractivity contribution in [1.29, 1.82) is 0 Å². The van der Waals surface area contributed by atoms with Gasteiger partial charge in [0.05, 0.1) is 0 Å². The summed E-state index contributed by atoms with van der Waals surface area (Å²) in [5.41, 5.74) is 1.46. The maximum Gasteiger partial charge on any atom is 0.0240 e. The van der Waals surface area contributed by atoms with Crippen molar-refractivity contribution in [3.63, 3.8) is 0 Å². The third-order valence-electron chi connectivity index (χ3n) is 4.89. The van der Waals surface area contributed by atoms with Crippen LogP contribution in [0.15, 0.2) is 42.5 Å². The largest absolute Gasteiger partial charge is 0.298 e. The predicted molar refractivity (Wildman–Crippen MR) is 90.6 cm³/mol. The van der Waals surface area contributed by atoms with Gasteiger partial charge < -0.3 is 0 Å². The van der Waals surface area contributed by atoms with Crippen molar-refractivity contribution in [3.05, 3.63) is 48.0 Å². The van der Waals surface area contributed by atoms with E-state index < -0.39 is 0 Å². The van der Waals surface area contributed by atoms with E-state index >= 15 is 0 Å². The van der Waals surface area contributed by atoms with Gasteiger partial charge in [-0.1, -0.05) is 49.4 Å². The van der Waals surface area contributed by atoms with Crippen LogP contribution in [-0.2, 0) is 6.54 Å². The van der Waals surface area contributed by atoms with Gasteiger partial charge in [0.2, 0.25) is 0 Å². The molecule has 1 fully saturated rings. The molecule has 2 aromatic carbocycles. The smallest absolute Gasteiger partial charge is 0.0240 e. The summed E-state index contributed by atoms with van der Waals surface area (Å²) >= 11 is 0. The zero-order valence-electron chi connectivity index (χ0n) is 13.3. The maximum atomic E-state index is 2.62. The summed E-state index contributed by atoms with van der Waals surface area (Å²) < 4.78 is 0. The second-order valence-electron chi connectivity index (χ2n) is 6.21. The normalized spacial score (nSPS) is 19.0. The van der Waals surface area contributed by atoms with E-state index in [0.717, 1.165) is 12.6 Å². The molecule has 0 radical (unpaired) electrons. The van der Waals surface area contributed by atoms with Crippen LogP contribution in [-0.4, -0.2) is 42.0 Å². The van der Waals surface area contributed by atoms with Crippen LogP contribution in [0.1, 0.15) is 25.8 Å². The molecule has 0 bridgehead atoms. The Balaban J connectivity index is 1.67. The zero-order valence-corrected chi connectivity index (χ0v) is 13.3. The summed E-state index contributed by atoms with van der Waals surface area (Å²) in [7, 11) is 0. The van der Waals surface area contributed by atoms with Gasteiger partial charge >= 0.3 is 0 Å². The molecule has 112 valence electrons. The van der Waals surface area contributed by atoms with Crippen LogP contribution >= 0.6 is 0 Å². The molecule has 0 aromatic heterocycles. The van der Waals surface area contributed by atoms with Crippen molar-refractivity contribution in [2.75, 3.05) is 26.2 Å². The molecule has 1 atom stereocenters. The van der Waals surface area contributed by atoms with Crippen molar-refractivity contribution in [2.24, 2.45) is 0 Å². The highest BCUT2D eigenvalue weighted by Gasteiger charge is 2.20. The van der Waals surface area contributed by atoms with Crippen LogP contribution in [0.3, 0.4) is 0 Å². The molecule has 1 aliphatic heterocycles. The lowest BCUT2D eigenvalue weighted by Gasteiger charge is -2.38. The molecule has 1 saturated heterocycles. The average Bonchev–Trinajstić information content (AvgIpc) is 2.55. The molecule has 0 saturated carbocycles. The van der Waals surface area contributed by atoms with Gasteiger partial charge in [-0.25, -0.2) is 0 Å². The van der Waals surface area contributed by atoms with Crippen LogP contribution in [0.5, 0.6) is 0 Å². The van der Waals surface area contributed by atoms with Gasteiger partial charge in [-0.15, -0.1) is 0 Å². The minimum atomic E-state index is 0.727. The maximum absolute atomic E-state index is 2.62. The third kappa shape index (κ3) is 3.28. The Morgan fingerprint density at radius 2 is 1.67 bits per heavy atom. The zero-order chi connectivity index (χ0) is 14.7. The monoisotopic (exact) mass is 282 g/mol. The first-order valence-corrected chi connectivity index (χ1v) is 8.21. The number of fused-ring (bicyclic) bond motifs is 1. The standard InChI is InChI=1S/C19H26N2/c1-3-16(2)21-13-11-20(12-14-21)15-18-9-6-8-17-7-4-5-10-19(17)18/h4-10,16H,3,11-15H2,1-2H3/t16-/m0/s1. The topological polar surface area (TPSA) is 6.48 Å². The summed E-state index contributed by atoms with van der Waals surface area (Å²) in [4.78, 5) is 5.22. The van der Waals surface area contributed by atoms with Crippen molar-refractivity contribution < 1.29 is 0 Å². The minimum absolute atomic E-state index is 0.727. The van der Waals surface area contributed by atoms with Gasteiger partial charge in [0.1, 0.15) is 0 Å². The molecule has 0 N–H and O–H groups in total. The number of rotatable bonds is 4. The first-order valence-electron chi connectivity index (χ1n) is 8.21. The summed E-state index contributed by atoms with van der Waals surface area (Å²) in [6, 6.07) is 16.1. The van der Waals surface area contributed by atoms with E-state index in [1.54, 1.807) is 0 Å². The average molecular weight is 282 g/mol. The molecule has 2 aromatic rings. The quantitative estimate of drug-likeness (QED) is 0.842. The Morgan fingerprint density at radius 3 is 2.43 bits per heavy atom. The predicted octanol–water partition coefficient (Wildman–Crippen LogP) is 3.76. The summed E-state index contributed by atoms with van der Waals surface area (Å²) in [6.07, 6.45) is 1.25. The Morgan fingerprint density at radius 1 is 0.952 bits per heavy atom. The van der Waals surface area contributed by atoms with E-state index in [2.05, 4.69) is 66.1 Å². The van der Waals surface area contributed by atoms with Crippen LogP contribution in [0.2, 0.25) is 0 Å². The van der Waals surface area contributed by atoms with Gasteiger partial charge in [-0.3, -0.25) is 9.80 Å². The minimum Gasteiger partial charge on any atom is -0.298 e. The lowest BCUT2D eigenvalue weighted by atomic mass is 10.0. The first-order chi connectivity index (χ1) is 10.3. The van der Waals surface area contributed by atoms with Gasteiger partial charge in [-0.2, -0.15) is 0 Å². The highest BCUT2D eigenvalue weighted by Crippen LogP contribution is 2.20. The van der Waals surface area contributed by atoms with Crippen molar-refractivity contribution in [3.8, 4) is 0 Å². The van der Waals surface area contributed by atoms with Crippen LogP contribution in [0, 0.1) is 0 Å². The number of benzene rings is 2. The highest BCUT2D eigenvalue weighted by atomic mass is 15.3. The van der Waals surface area contributed by atoms with Gasteiger partial charge in [-0.05, 0) is 29.7 Å². The molecule has 0 unspecified atom stereocenters. The van der Waals surface area contributed by atoms with Crippen LogP contribution in [0.25, 0.3) is 10.8 Å². The number of hydrogen-bond acceptors (Lipinski definition) is 2. The first kappa shape index (κ1) is 14.6. The highest BCUT2D eigenvalue weighted by molar-refractivity contribution is 5.85. The van der Waals surface area contributed by atoms with E-state index in [-0.39, 0.29) is 0 Å². The molecule has 3 rings (SSSR count). The molecular weight excluding hydrogens is 256 g/mol. The SMILES string of the molecule is CC[C@H](C)N1CCN(Cc2cccc3ccccc23)CC1. The summed E-state index contributed by atoms with van der Waals surface area (Å²) in [5.74, 6) is 0. The van der Waals surface area contributed by atoms with Crippen LogP contribution < -0.4 is 0 Å². The van der Waals surface area contributed by atoms with E-state index in [1.807, 2.05) is 0 Å². The van der Waals surface area contributed by atoms with Gasteiger partial charge in [0.25, 0.3) is 0 Å². The number of piperazine rings is 1. The number of nitrogens with zero attached hydrogens (tertiary/aromatic N) is 2. The van der Waals surface area contributed by atoms with Crippen LogP contribution in [0.4, 0.5) is 0 Å². The Labute approximate surface area is 128 Å². The number of hydrogen-bond donors (Lipinski definition) is 0. The fourth-order valence-corrected chi connectivity index (χ4v) is 3.29. The Bertz CT molecular complexity index is 580. The van der Waals surface area contributed by atoms with E-state index in [9.17, 15) is 0 Å². The fourth-order valence-electron chi connectivity index (χ4n) is 3.29. The van der Waals surface area contributed by atoms with E-state index in [0.29, 0.717) is 0 Å². The Kier molecular flexibility index (Phi) is 4.57. The molecule has 21 heavy (non-hydrogen) atoms. The molecule has 0 spiro atoms. The van der Waals surface area contributed by atoms with E-state index in [4.69, 9.17) is 0 Å². The molecule has 0 amide bonds. The van der Waals surface area contributed by atoms with Crippen molar-refractivity contribution in [1.82, 2.24) is 9.80 Å². The molecule has 2 heteroatoms. The lowest BCUT2D eigenvalue weighted by Crippen LogP contribution is -2.49. The molecule has 2 nitrogen and oxygen atoms in total. The lowest BCUT2D eigenvalue weighted by molar-refractivity contribution is 0.0966. The van der Waals surface area contributed by atoms with Crippen molar-refractivity contribution >= 4 is 10.8 Å². The van der Waals surface area contributed by atoms with Crippen molar-refractivity contribution in [2.45, 2.75) is 32.9 Å². The molecular formula is C19H26N2. The van der Waals surface area contributed by atoms with E-state index in [1.165, 1.54) is 48.9 Å². The third-order valence-corrected chi connectivity index (χ3v) is 4.89. The van der Waals surface area contributed by atoms with Gasteiger partial charge in [0, 0.05) is 38.8 Å². The Hall–Kier alpha value is -1.38. The second kappa shape index (κ2) is 6.59. The molecule has 1 heterocycles. The second-order valence-corrected chi connectivity index (χ2v) is 6.21. The molecule has 1 aliphatic rings. The van der Waals surface area contributed by atoms with Gasteiger partial charge in [0.15, 0.2) is 0 Å².